The third-order valence-electron chi connectivity index (χ3n) is 3.58. The number of hydrogen-bond donors (Lipinski definition) is 2. The molecule has 0 spiro atoms. The highest BCUT2D eigenvalue weighted by Gasteiger charge is 2.14. The van der Waals surface area contributed by atoms with Crippen molar-refractivity contribution in [1.82, 2.24) is 9.88 Å². The SMILES string of the molecule is Cc1cc(C)c(C(N)=S)c(NCCN(C(C)C)C(C)C)n1. The van der Waals surface area contributed by atoms with Gasteiger partial charge in [-0.15, -0.1) is 0 Å². The molecule has 0 radical (unpaired) electrons. The van der Waals surface area contributed by atoms with Gasteiger partial charge in [0.25, 0.3) is 0 Å². The van der Waals surface area contributed by atoms with E-state index >= 15 is 0 Å². The zero-order valence-corrected chi connectivity index (χ0v) is 14.8. The van der Waals surface area contributed by atoms with Crippen LogP contribution in [0.4, 0.5) is 5.82 Å². The van der Waals surface area contributed by atoms with Gasteiger partial charge < -0.3 is 11.1 Å². The van der Waals surface area contributed by atoms with Crippen LogP contribution in [-0.4, -0.2) is 40.0 Å². The molecule has 1 aromatic rings. The van der Waals surface area contributed by atoms with Crippen LogP contribution in [0.3, 0.4) is 0 Å². The van der Waals surface area contributed by atoms with Crippen LogP contribution in [0, 0.1) is 13.8 Å². The second kappa shape index (κ2) is 7.71. The van der Waals surface area contributed by atoms with Gasteiger partial charge in [-0.3, -0.25) is 4.90 Å². The molecule has 4 nitrogen and oxygen atoms in total. The summed E-state index contributed by atoms with van der Waals surface area (Å²) >= 11 is 5.15. The lowest BCUT2D eigenvalue weighted by Gasteiger charge is -2.30. The van der Waals surface area contributed by atoms with Crippen molar-refractivity contribution in [2.45, 2.75) is 53.6 Å². The molecule has 5 heteroatoms. The van der Waals surface area contributed by atoms with Gasteiger partial charge in [-0.25, -0.2) is 4.98 Å². The molecule has 0 aromatic carbocycles. The fraction of sp³-hybridized carbons (Fsp3) is 0.625. The third kappa shape index (κ3) is 4.93. The molecule has 1 heterocycles. The van der Waals surface area contributed by atoms with E-state index in [1.54, 1.807) is 0 Å². The molecule has 0 saturated carbocycles. The average molecular weight is 308 g/mol. The Balaban J connectivity index is 2.82. The van der Waals surface area contributed by atoms with Crippen molar-refractivity contribution in [2.75, 3.05) is 18.4 Å². The van der Waals surface area contributed by atoms with Gasteiger partial charge >= 0.3 is 0 Å². The Hall–Kier alpha value is -1.20. The highest BCUT2D eigenvalue weighted by atomic mass is 32.1. The highest BCUT2D eigenvalue weighted by molar-refractivity contribution is 7.80. The number of pyridine rings is 1. The molecule has 0 aliphatic rings. The fourth-order valence-electron chi connectivity index (χ4n) is 2.69. The van der Waals surface area contributed by atoms with E-state index in [1.807, 2.05) is 19.9 Å². The lowest BCUT2D eigenvalue weighted by Crippen LogP contribution is -2.40. The maximum Gasteiger partial charge on any atom is 0.136 e. The number of nitrogens with two attached hydrogens (primary N) is 1. The van der Waals surface area contributed by atoms with E-state index in [1.165, 1.54) is 0 Å². The summed E-state index contributed by atoms with van der Waals surface area (Å²) in [6.07, 6.45) is 0. The third-order valence-corrected chi connectivity index (χ3v) is 3.78. The maximum absolute atomic E-state index is 5.83. The van der Waals surface area contributed by atoms with Crippen LogP contribution in [0.5, 0.6) is 0 Å². The van der Waals surface area contributed by atoms with E-state index in [4.69, 9.17) is 18.0 Å². The van der Waals surface area contributed by atoms with Gasteiger partial charge in [0.1, 0.15) is 10.8 Å². The van der Waals surface area contributed by atoms with Crippen molar-refractivity contribution in [2.24, 2.45) is 5.73 Å². The Kier molecular flexibility index (Phi) is 6.55. The first-order valence-corrected chi connectivity index (χ1v) is 7.92. The average Bonchev–Trinajstić information content (AvgIpc) is 2.31. The minimum Gasteiger partial charge on any atom is -0.389 e. The molecule has 0 amide bonds. The Labute approximate surface area is 134 Å². The van der Waals surface area contributed by atoms with Gasteiger partial charge in [0.2, 0.25) is 0 Å². The number of anilines is 1. The van der Waals surface area contributed by atoms with Gasteiger partial charge in [-0.2, -0.15) is 0 Å². The number of aromatic nitrogens is 1. The zero-order chi connectivity index (χ0) is 16.2. The molecule has 0 saturated heterocycles. The summed E-state index contributed by atoms with van der Waals surface area (Å²) in [5.74, 6) is 0.799. The van der Waals surface area contributed by atoms with Crippen LogP contribution in [0.15, 0.2) is 6.07 Å². The van der Waals surface area contributed by atoms with E-state index in [2.05, 4.69) is 42.9 Å². The van der Waals surface area contributed by atoms with Crippen LogP contribution >= 0.6 is 12.2 Å². The maximum atomic E-state index is 5.83. The number of hydrogen-bond acceptors (Lipinski definition) is 4. The number of nitrogens with zero attached hydrogens (tertiary/aromatic N) is 2. The molecule has 0 atom stereocenters. The van der Waals surface area contributed by atoms with Gasteiger partial charge in [-0.05, 0) is 53.2 Å². The van der Waals surface area contributed by atoms with Crippen molar-refractivity contribution in [3.8, 4) is 0 Å². The van der Waals surface area contributed by atoms with Gasteiger partial charge in [0.05, 0.1) is 5.56 Å². The summed E-state index contributed by atoms with van der Waals surface area (Å²) in [6.45, 7) is 14.7. The van der Waals surface area contributed by atoms with E-state index in [9.17, 15) is 0 Å². The van der Waals surface area contributed by atoms with Crippen LogP contribution in [0.25, 0.3) is 0 Å². The van der Waals surface area contributed by atoms with Gasteiger partial charge in [0, 0.05) is 30.9 Å². The fourth-order valence-corrected chi connectivity index (χ4v) is 2.95. The highest BCUT2D eigenvalue weighted by Crippen LogP contribution is 2.18. The smallest absolute Gasteiger partial charge is 0.136 e. The summed E-state index contributed by atoms with van der Waals surface area (Å²) in [4.78, 5) is 7.38. The molecular weight excluding hydrogens is 280 g/mol. The first-order chi connectivity index (χ1) is 9.73. The minimum absolute atomic E-state index is 0.395. The second-order valence-corrected chi connectivity index (χ2v) is 6.46. The van der Waals surface area contributed by atoms with Crippen LogP contribution in [0.2, 0.25) is 0 Å². The van der Waals surface area contributed by atoms with Crippen molar-refractivity contribution >= 4 is 23.0 Å². The Morgan fingerprint density at radius 1 is 1.29 bits per heavy atom. The number of thiocarbonyl (C=S) groups is 1. The van der Waals surface area contributed by atoms with Crippen LogP contribution in [-0.2, 0) is 0 Å². The van der Waals surface area contributed by atoms with Crippen LogP contribution < -0.4 is 11.1 Å². The Morgan fingerprint density at radius 3 is 2.33 bits per heavy atom. The molecule has 0 aliphatic heterocycles. The largest absolute Gasteiger partial charge is 0.389 e. The molecule has 3 N–H and O–H groups in total. The molecule has 0 aliphatic carbocycles. The van der Waals surface area contributed by atoms with Crippen molar-refractivity contribution < 1.29 is 0 Å². The standard InChI is InChI=1S/C16H28N4S/c1-10(2)20(11(3)4)8-7-18-16-14(15(17)21)12(5)9-13(6)19-16/h9-11H,7-8H2,1-6H3,(H2,17,21)(H,18,19). The van der Waals surface area contributed by atoms with E-state index in [0.29, 0.717) is 17.1 Å². The Morgan fingerprint density at radius 2 is 1.86 bits per heavy atom. The summed E-state index contributed by atoms with van der Waals surface area (Å²) in [5, 5.41) is 3.40. The van der Waals surface area contributed by atoms with Gasteiger partial charge in [0.15, 0.2) is 0 Å². The predicted octanol–water partition coefficient (Wildman–Crippen LogP) is 2.86. The van der Waals surface area contributed by atoms with Gasteiger partial charge in [-0.1, -0.05) is 12.2 Å². The van der Waals surface area contributed by atoms with E-state index in [-0.39, 0.29) is 0 Å². The van der Waals surface area contributed by atoms with E-state index in [0.717, 1.165) is 35.7 Å². The first-order valence-electron chi connectivity index (χ1n) is 7.51. The topological polar surface area (TPSA) is 54.2 Å². The molecule has 0 fully saturated rings. The van der Waals surface area contributed by atoms with Crippen molar-refractivity contribution in [1.29, 1.82) is 0 Å². The van der Waals surface area contributed by atoms with E-state index < -0.39 is 0 Å². The molecule has 0 unspecified atom stereocenters. The zero-order valence-electron chi connectivity index (χ0n) is 14.0. The quantitative estimate of drug-likeness (QED) is 0.759. The van der Waals surface area contributed by atoms with Crippen LogP contribution in [0.1, 0.15) is 44.5 Å². The summed E-state index contributed by atoms with van der Waals surface area (Å²) in [6, 6.07) is 3.05. The summed E-state index contributed by atoms with van der Waals surface area (Å²) in [7, 11) is 0. The van der Waals surface area contributed by atoms with Crippen molar-refractivity contribution in [3.63, 3.8) is 0 Å². The second-order valence-electron chi connectivity index (χ2n) is 6.02. The predicted molar refractivity (Wildman–Crippen MR) is 95.1 cm³/mol. The summed E-state index contributed by atoms with van der Waals surface area (Å²) < 4.78 is 0. The number of rotatable bonds is 7. The molecule has 1 rings (SSSR count). The monoisotopic (exact) mass is 308 g/mol. The first kappa shape index (κ1) is 17.9. The molecule has 21 heavy (non-hydrogen) atoms. The normalized spacial score (nSPS) is 11.5. The number of nitrogens with one attached hydrogen (secondary N) is 1. The molecular formula is C16H28N4S. The lowest BCUT2D eigenvalue weighted by atomic mass is 10.1. The Bertz CT molecular complexity index is 489. The molecule has 118 valence electrons. The molecule has 1 aromatic heterocycles. The number of aryl methyl sites for hydroxylation is 2. The minimum atomic E-state index is 0.395. The lowest BCUT2D eigenvalue weighted by molar-refractivity contribution is 0.182. The molecule has 0 bridgehead atoms. The van der Waals surface area contributed by atoms with Crippen molar-refractivity contribution in [3.05, 3.63) is 22.9 Å². The summed E-state index contributed by atoms with van der Waals surface area (Å²) in [5.41, 5.74) is 8.74.